The van der Waals surface area contributed by atoms with E-state index in [1.807, 2.05) is 32.3 Å². The van der Waals surface area contributed by atoms with Crippen LogP contribution < -0.4 is 4.72 Å². The summed E-state index contributed by atoms with van der Waals surface area (Å²) in [6, 6.07) is -0.133. The van der Waals surface area contributed by atoms with Crippen LogP contribution in [0.25, 0.3) is 0 Å². The highest BCUT2D eigenvalue weighted by Crippen LogP contribution is 2.44. The first-order valence-electron chi connectivity index (χ1n) is 6.88. The van der Waals surface area contributed by atoms with Crippen molar-refractivity contribution in [1.82, 2.24) is 14.3 Å². The van der Waals surface area contributed by atoms with E-state index in [9.17, 15) is 8.42 Å². The molecular weight excluding hydrogens is 298 g/mol. The maximum Gasteiger partial charge on any atom is 0.259 e. The molecule has 2 atom stereocenters. The van der Waals surface area contributed by atoms with Crippen LogP contribution in [0.5, 0.6) is 0 Å². The highest BCUT2D eigenvalue weighted by Gasteiger charge is 2.49. The number of aromatic nitrogens is 2. The Hall–Kier alpha value is -0.590. The summed E-state index contributed by atoms with van der Waals surface area (Å²) in [5, 5.41) is 0.104. The summed E-state index contributed by atoms with van der Waals surface area (Å²) in [6.45, 7) is 8.58. The maximum atomic E-state index is 12.4. The summed E-state index contributed by atoms with van der Waals surface area (Å²) in [7, 11) is -3.58. The number of alkyl halides is 1. The van der Waals surface area contributed by atoms with Gasteiger partial charge in [-0.25, -0.2) is 18.1 Å². The molecule has 20 heavy (non-hydrogen) atoms. The number of hydrogen-bond donors (Lipinski definition) is 1. The highest BCUT2D eigenvalue weighted by molar-refractivity contribution is 7.89. The first-order valence-corrected chi connectivity index (χ1v) is 8.80. The number of halogens is 1. The second-order valence-electron chi connectivity index (χ2n) is 6.02. The van der Waals surface area contributed by atoms with Gasteiger partial charge in [0.15, 0.2) is 5.03 Å². The van der Waals surface area contributed by atoms with Gasteiger partial charge in [-0.05, 0) is 25.2 Å². The summed E-state index contributed by atoms with van der Waals surface area (Å²) < 4.78 is 29.3. The van der Waals surface area contributed by atoms with E-state index in [-0.39, 0.29) is 21.9 Å². The van der Waals surface area contributed by atoms with Crippen LogP contribution in [-0.4, -0.2) is 29.4 Å². The van der Waals surface area contributed by atoms with Crippen LogP contribution in [0.15, 0.2) is 11.2 Å². The molecule has 1 fully saturated rings. The average molecular weight is 320 g/mol. The molecule has 0 amide bonds. The quantitative estimate of drug-likeness (QED) is 0.847. The molecule has 1 saturated carbocycles. The number of nitrogens with one attached hydrogen (secondary N) is 1. The molecule has 0 spiro atoms. The molecular formula is C13H22ClN3O2S. The van der Waals surface area contributed by atoms with Crippen molar-refractivity contribution in [3.8, 4) is 0 Å². The van der Waals surface area contributed by atoms with E-state index >= 15 is 0 Å². The number of nitrogens with zero attached hydrogens (tertiary/aromatic N) is 2. The van der Waals surface area contributed by atoms with Gasteiger partial charge >= 0.3 is 0 Å². The highest BCUT2D eigenvalue weighted by atomic mass is 35.5. The number of sulfonamides is 1. The number of aryl methyl sites for hydroxylation is 2. The largest absolute Gasteiger partial charge is 0.334 e. The minimum absolute atomic E-state index is 0.00887. The Kier molecular flexibility index (Phi) is 4.19. The Morgan fingerprint density at radius 1 is 1.55 bits per heavy atom. The zero-order valence-corrected chi connectivity index (χ0v) is 13.9. The molecule has 0 aromatic carbocycles. The molecule has 1 N–H and O–H groups in total. The van der Waals surface area contributed by atoms with Crippen molar-refractivity contribution in [1.29, 1.82) is 0 Å². The van der Waals surface area contributed by atoms with Crippen LogP contribution >= 0.6 is 11.6 Å². The number of rotatable bonds is 5. The zero-order chi connectivity index (χ0) is 15.1. The topological polar surface area (TPSA) is 64.0 Å². The Bertz CT molecular complexity index is 595. The minimum Gasteiger partial charge on any atom is -0.334 e. The van der Waals surface area contributed by atoms with Gasteiger partial charge < -0.3 is 4.57 Å². The van der Waals surface area contributed by atoms with E-state index in [1.165, 1.54) is 0 Å². The zero-order valence-electron chi connectivity index (χ0n) is 12.4. The summed E-state index contributed by atoms with van der Waals surface area (Å²) in [5.74, 6) is 0.718. The lowest BCUT2D eigenvalue weighted by Crippen LogP contribution is -2.59. The van der Waals surface area contributed by atoms with Crippen molar-refractivity contribution >= 4 is 21.6 Å². The summed E-state index contributed by atoms with van der Waals surface area (Å²) >= 11 is 6.13. The van der Waals surface area contributed by atoms with E-state index in [0.29, 0.717) is 6.42 Å². The summed E-state index contributed by atoms with van der Waals surface area (Å²) in [5.41, 5.74) is -0.227. The third-order valence-electron chi connectivity index (χ3n) is 4.14. The van der Waals surface area contributed by atoms with Crippen LogP contribution in [0, 0.1) is 12.3 Å². The standard InChI is InChI=1S/C13H22ClN3O2S/c1-5-6-17-8-12(15-9(17)2)20(18,19)16-11-7-10(14)13(11,3)4/h8,10-11,16H,5-7H2,1-4H3. The molecule has 1 aliphatic rings. The van der Waals surface area contributed by atoms with Crippen molar-refractivity contribution in [2.45, 2.75) is 63.5 Å². The van der Waals surface area contributed by atoms with Gasteiger partial charge in [-0.2, -0.15) is 0 Å². The van der Waals surface area contributed by atoms with Gasteiger partial charge in [-0.3, -0.25) is 0 Å². The maximum absolute atomic E-state index is 12.4. The number of hydrogen-bond acceptors (Lipinski definition) is 3. The molecule has 2 unspecified atom stereocenters. The van der Waals surface area contributed by atoms with Gasteiger partial charge in [-0.1, -0.05) is 20.8 Å². The smallest absolute Gasteiger partial charge is 0.259 e. The fraction of sp³-hybridized carbons (Fsp3) is 0.769. The van der Waals surface area contributed by atoms with Gasteiger partial charge in [0.2, 0.25) is 0 Å². The first-order chi connectivity index (χ1) is 9.18. The monoisotopic (exact) mass is 319 g/mol. The fourth-order valence-electron chi connectivity index (χ4n) is 2.40. The van der Waals surface area contributed by atoms with Crippen LogP contribution in [-0.2, 0) is 16.6 Å². The van der Waals surface area contributed by atoms with E-state index in [2.05, 4.69) is 9.71 Å². The Morgan fingerprint density at radius 3 is 2.70 bits per heavy atom. The van der Waals surface area contributed by atoms with Crippen molar-refractivity contribution in [3.63, 3.8) is 0 Å². The van der Waals surface area contributed by atoms with Gasteiger partial charge in [0.25, 0.3) is 10.0 Å². The summed E-state index contributed by atoms with van der Waals surface area (Å²) in [4.78, 5) is 4.16. The van der Waals surface area contributed by atoms with Crippen molar-refractivity contribution in [3.05, 3.63) is 12.0 Å². The van der Waals surface area contributed by atoms with Crippen LogP contribution in [0.2, 0.25) is 0 Å². The molecule has 1 aromatic heterocycles. The number of imidazole rings is 1. The third kappa shape index (κ3) is 2.73. The van der Waals surface area contributed by atoms with Gasteiger partial charge in [0, 0.05) is 24.2 Å². The van der Waals surface area contributed by atoms with Gasteiger partial charge in [0.05, 0.1) is 0 Å². The Balaban J connectivity index is 2.17. The van der Waals surface area contributed by atoms with Crippen molar-refractivity contribution in [2.24, 2.45) is 5.41 Å². The molecule has 114 valence electrons. The van der Waals surface area contributed by atoms with E-state index in [4.69, 9.17) is 11.6 Å². The molecule has 0 bridgehead atoms. The first kappa shape index (κ1) is 15.8. The average Bonchev–Trinajstić information content (AvgIpc) is 2.72. The molecule has 7 heteroatoms. The lowest BCUT2D eigenvalue weighted by atomic mass is 9.67. The van der Waals surface area contributed by atoms with Gasteiger partial charge in [0.1, 0.15) is 5.82 Å². The Labute approximate surface area is 125 Å². The van der Waals surface area contributed by atoms with Crippen molar-refractivity contribution in [2.75, 3.05) is 0 Å². The molecule has 1 aromatic rings. The molecule has 1 heterocycles. The lowest BCUT2D eigenvalue weighted by molar-refractivity contribution is 0.137. The van der Waals surface area contributed by atoms with Crippen LogP contribution in [0.4, 0.5) is 0 Å². The fourth-order valence-corrected chi connectivity index (χ4v) is 4.14. The predicted octanol–water partition coefficient (Wildman–Crippen LogP) is 2.29. The van der Waals surface area contributed by atoms with E-state index < -0.39 is 10.0 Å². The lowest BCUT2D eigenvalue weighted by Gasteiger charge is -2.48. The molecule has 0 saturated heterocycles. The Morgan fingerprint density at radius 2 is 2.20 bits per heavy atom. The van der Waals surface area contributed by atoms with Crippen LogP contribution in [0.1, 0.15) is 39.4 Å². The molecule has 0 radical (unpaired) electrons. The summed E-state index contributed by atoms with van der Waals surface area (Å²) in [6.07, 6.45) is 3.20. The second kappa shape index (κ2) is 5.31. The molecule has 5 nitrogen and oxygen atoms in total. The predicted molar refractivity (Wildman–Crippen MR) is 79.4 cm³/mol. The van der Waals surface area contributed by atoms with Crippen LogP contribution in [0.3, 0.4) is 0 Å². The second-order valence-corrected chi connectivity index (χ2v) is 8.21. The van der Waals surface area contributed by atoms with Crippen molar-refractivity contribution < 1.29 is 8.42 Å². The molecule has 1 aliphatic carbocycles. The normalized spacial score (nSPS) is 25.4. The van der Waals surface area contributed by atoms with E-state index in [1.54, 1.807) is 6.20 Å². The molecule has 0 aliphatic heterocycles. The third-order valence-corrected chi connectivity index (χ3v) is 6.22. The van der Waals surface area contributed by atoms with Gasteiger partial charge in [-0.15, -0.1) is 11.6 Å². The van der Waals surface area contributed by atoms with E-state index in [0.717, 1.165) is 18.8 Å². The SMILES string of the molecule is CCCn1cc(S(=O)(=O)NC2CC(Cl)C2(C)C)nc1C. The molecule has 2 rings (SSSR count). The minimum atomic E-state index is -3.58.